The summed E-state index contributed by atoms with van der Waals surface area (Å²) in [4.78, 5) is 24.6. The molecule has 0 bridgehead atoms. The molecule has 4 rings (SSSR count). The molecular weight excluding hydrogens is 592 g/mol. The zero-order valence-corrected chi connectivity index (χ0v) is 26.6. The number of methoxy groups -OCH3 is 1. The van der Waals surface area contributed by atoms with Gasteiger partial charge in [0.1, 0.15) is 13.2 Å². The first kappa shape index (κ1) is 33.7. The Kier molecular flexibility index (Phi) is 11.8. The highest BCUT2D eigenvalue weighted by Crippen LogP contribution is 2.35. The molecule has 0 aromatic heterocycles. The maximum absolute atomic E-state index is 12.5. The maximum Gasteiger partial charge on any atom is 0.337 e. The molecule has 244 valence electrons. The first-order valence-electron chi connectivity index (χ1n) is 14.9. The summed E-state index contributed by atoms with van der Waals surface area (Å²) in [6, 6.07) is 17.4. The molecule has 12 heteroatoms. The molecule has 1 aliphatic heterocycles. The normalized spacial score (nSPS) is 15.1. The van der Waals surface area contributed by atoms with E-state index in [1.165, 1.54) is 12.7 Å². The number of aliphatic hydroxyl groups is 1. The smallest absolute Gasteiger partial charge is 0.337 e. The van der Waals surface area contributed by atoms with Crippen LogP contribution < -0.4 is 35.0 Å². The number of nitrogens with zero attached hydrogens (tertiary/aromatic N) is 1. The van der Waals surface area contributed by atoms with Crippen molar-refractivity contribution in [2.45, 2.75) is 46.6 Å². The first-order chi connectivity index (χ1) is 22.2. The van der Waals surface area contributed by atoms with Crippen LogP contribution in [0.3, 0.4) is 0 Å². The van der Waals surface area contributed by atoms with Crippen LogP contribution in [0.1, 0.15) is 49.1 Å². The Morgan fingerprint density at radius 1 is 0.935 bits per heavy atom. The van der Waals surface area contributed by atoms with E-state index in [-0.39, 0.29) is 12.2 Å². The van der Waals surface area contributed by atoms with E-state index in [1.54, 1.807) is 31.3 Å². The van der Waals surface area contributed by atoms with E-state index in [4.69, 9.17) is 23.7 Å². The molecule has 0 saturated carbocycles. The monoisotopic (exact) mass is 632 g/mol. The van der Waals surface area contributed by atoms with Gasteiger partial charge in [0.2, 0.25) is 0 Å². The first-order valence-corrected chi connectivity index (χ1v) is 14.9. The third-order valence-corrected chi connectivity index (χ3v) is 6.89. The van der Waals surface area contributed by atoms with Crippen molar-refractivity contribution in [1.29, 1.82) is 0 Å². The van der Waals surface area contributed by atoms with Crippen LogP contribution in [-0.2, 0) is 16.1 Å². The lowest BCUT2D eigenvalue weighted by atomic mass is 9.95. The van der Waals surface area contributed by atoms with E-state index in [1.807, 2.05) is 63.2 Å². The lowest BCUT2D eigenvalue weighted by Gasteiger charge is -2.28. The minimum Gasteiger partial charge on any atom is -0.490 e. The van der Waals surface area contributed by atoms with Crippen LogP contribution in [0.2, 0.25) is 0 Å². The molecule has 2 amide bonds. The van der Waals surface area contributed by atoms with Crippen molar-refractivity contribution in [3.63, 3.8) is 0 Å². The minimum absolute atomic E-state index is 0.150. The minimum atomic E-state index is -1.14. The van der Waals surface area contributed by atoms with Gasteiger partial charge in [0.25, 0.3) is 0 Å². The molecule has 46 heavy (non-hydrogen) atoms. The molecule has 1 heterocycles. The largest absolute Gasteiger partial charge is 0.490 e. The molecule has 3 aromatic carbocycles. The van der Waals surface area contributed by atoms with Gasteiger partial charge >= 0.3 is 12.0 Å². The number of hydrogen-bond donors (Lipinski definition) is 4. The lowest BCUT2D eigenvalue weighted by Crippen LogP contribution is -2.45. The van der Waals surface area contributed by atoms with Gasteiger partial charge in [-0.05, 0) is 74.7 Å². The quantitative estimate of drug-likeness (QED) is 0.0823. The standard InChI is InChI=1S/C34H40N4O8/c1-6-43-28-16-24(12-14-26(28)45-19-23-10-8-21(3)9-11-23)18-35-38-30(39)20-46-27-15-13-25(17-29(27)44-7-2)32-31(33(40)42-5)22(4)36-34(41)37-32/h8-18,30,32,38-39H,6-7,19-20H2,1-5H3,(H2,36,37,41)/b35-18-/t30-,32+/m1/s1. The van der Waals surface area contributed by atoms with Gasteiger partial charge in [-0.25, -0.2) is 9.59 Å². The molecule has 0 unspecified atom stereocenters. The molecule has 0 saturated heterocycles. The van der Waals surface area contributed by atoms with Crippen LogP contribution >= 0.6 is 0 Å². The van der Waals surface area contributed by atoms with E-state index in [2.05, 4.69) is 21.2 Å². The Morgan fingerprint density at radius 2 is 1.61 bits per heavy atom. The van der Waals surface area contributed by atoms with E-state index >= 15 is 0 Å². The average Bonchev–Trinajstić information content (AvgIpc) is 3.04. The van der Waals surface area contributed by atoms with Gasteiger partial charge in [0, 0.05) is 5.70 Å². The summed E-state index contributed by atoms with van der Waals surface area (Å²) < 4.78 is 28.3. The zero-order chi connectivity index (χ0) is 33.1. The molecule has 1 aliphatic rings. The number of benzene rings is 3. The number of aryl methyl sites for hydroxylation is 1. The van der Waals surface area contributed by atoms with Gasteiger partial charge in [0.15, 0.2) is 29.2 Å². The van der Waals surface area contributed by atoms with Crippen LogP contribution in [-0.4, -0.2) is 56.5 Å². The summed E-state index contributed by atoms with van der Waals surface area (Å²) in [6.07, 6.45) is 0.409. The van der Waals surface area contributed by atoms with Crippen LogP contribution in [0.5, 0.6) is 23.0 Å². The number of amides is 2. The number of esters is 1. The fraction of sp³-hybridized carbons (Fsp3) is 0.324. The molecule has 0 radical (unpaired) electrons. The molecule has 0 spiro atoms. The summed E-state index contributed by atoms with van der Waals surface area (Å²) in [5.74, 6) is 1.37. The molecule has 3 aromatic rings. The van der Waals surface area contributed by atoms with Crippen molar-refractivity contribution in [3.8, 4) is 23.0 Å². The predicted octanol–water partition coefficient (Wildman–Crippen LogP) is 4.49. The van der Waals surface area contributed by atoms with Crippen LogP contribution in [0, 0.1) is 6.92 Å². The molecular formula is C34H40N4O8. The van der Waals surface area contributed by atoms with Crippen LogP contribution in [0.4, 0.5) is 4.79 Å². The summed E-state index contributed by atoms with van der Waals surface area (Å²) in [5.41, 5.74) is 6.88. The fourth-order valence-corrected chi connectivity index (χ4v) is 4.66. The van der Waals surface area contributed by atoms with Gasteiger partial charge in [-0.1, -0.05) is 35.9 Å². The molecule has 4 N–H and O–H groups in total. The zero-order valence-electron chi connectivity index (χ0n) is 26.6. The van der Waals surface area contributed by atoms with Crippen molar-refractivity contribution >= 4 is 18.2 Å². The highest BCUT2D eigenvalue weighted by Gasteiger charge is 2.32. The van der Waals surface area contributed by atoms with Crippen LogP contribution in [0.25, 0.3) is 0 Å². The highest BCUT2D eigenvalue weighted by molar-refractivity contribution is 5.95. The number of allylic oxidation sites excluding steroid dienone is 1. The number of urea groups is 1. The number of ether oxygens (including phenoxy) is 5. The number of aliphatic hydroxyl groups excluding tert-OH is 1. The van der Waals surface area contributed by atoms with Gasteiger partial charge in [-0.2, -0.15) is 5.10 Å². The fourth-order valence-electron chi connectivity index (χ4n) is 4.66. The molecule has 0 fully saturated rings. The lowest BCUT2D eigenvalue weighted by molar-refractivity contribution is -0.136. The molecule has 0 aliphatic carbocycles. The topological polar surface area (TPSA) is 149 Å². The van der Waals surface area contributed by atoms with Gasteiger partial charge in [-0.15, -0.1) is 0 Å². The molecule has 12 nitrogen and oxygen atoms in total. The highest BCUT2D eigenvalue weighted by atomic mass is 16.5. The summed E-state index contributed by atoms with van der Waals surface area (Å²) in [6.45, 7) is 8.45. The Hall–Kier alpha value is -5.23. The summed E-state index contributed by atoms with van der Waals surface area (Å²) in [7, 11) is 1.28. The number of carbonyl (C=O) groups excluding carboxylic acids is 2. The van der Waals surface area contributed by atoms with E-state index in [9.17, 15) is 14.7 Å². The third-order valence-electron chi connectivity index (χ3n) is 6.89. The van der Waals surface area contributed by atoms with Crippen LogP contribution in [0.15, 0.2) is 77.0 Å². The second kappa shape index (κ2) is 16.2. The van der Waals surface area contributed by atoms with Gasteiger partial charge in [-0.3, -0.25) is 5.43 Å². The van der Waals surface area contributed by atoms with Gasteiger partial charge < -0.3 is 39.4 Å². The van der Waals surface area contributed by atoms with E-state index in [0.717, 1.165) is 11.1 Å². The SMILES string of the molecule is CCOc1cc(/C=N\N[C@H](O)COc2ccc([C@@H]3NC(=O)NC(C)=C3C(=O)OC)cc2OCC)ccc1OCc1ccc(C)cc1. The van der Waals surface area contributed by atoms with Crippen molar-refractivity contribution in [2.75, 3.05) is 26.9 Å². The second-order valence-corrected chi connectivity index (χ2v) is 10.3. The Bertz CT molecular complexity index is 1570. The average molecular weight is 633 g/mol. The molecule has 2 atom stereocenters. The number of rotatable bonds is 15. The van der Waals surface area contributed by atoms with E-state index in [0.29, 0.717) is 54.1 Å². The number of nitrogens with one attached hydrogen (secondary N) is 3. The second-order valence-electron chi connectivity index (χ2n) is 10.3. The number of carbonyl (C=O) groups is 2. The van der Waals surface area contributed by atoms with Gasteiger partial charge in [0.05, 0.1) is 38.2 Å². The van der Waals surface area contributed by atoms with Crippen molar-refractivity contribution in [1.82, 2.24) is 16.1 Å². The van der Waals surface area contributed by atoms with Crippen molar-refractivity contribution in [2.24, 2.45) is 5.10 Å². The number of hydrazone groups is 1. The predicted molar refractivity (Wildman–Crippen MR) is 172 cm³/mol. The summed E-state index contributed by atoms with van der Waals surface area (Å²) >= 11 is 0. The summed E-state index contributed by atoms with van der Waals surface area (Å²) in [5, 5.41) is 20.0. The van der Waals surface area contributed by atoms with Crippen molar-refractivity contribution in [3.05, 3.63) is 94.2 Å². The van der Waals surface area contributed by atoms with E-state index < -0.39 is 24.3 Å². The Balaban J connectivity index is 1.37. The third kappa shape index (κ3) is 8.91. The Labute approximate surface area is 268 Å². The van der Waals surface area contributed by atoms with Crippen molar-refractivity contribution < 1.29 is 38.4 Å². The maximum atomic E-state index is 12.5. The number of hydrogen-bond acceptors (Lipinski definition) is 10. The Morgan fingerprint density at radius 3 is 2.30 bits per heavy atom.